The molecule has 0 aromatic heterocycles. The Labute approximate surface area is 422 Å². The van der Waals surface area contributed by atoms with E-state index in [-0.39, 0.29) is 50.6 Å². The first kappa shape index (κ1) is 62.8. The molecule has 0 bridgehead atoms. The summed E-state index contributed by atoms with van der Waals surface area (Å²) in [6.45, 7) is 9.11. The molecule has 0 aromatic carbocycles. The third-order valence-corrected chi connectivity index (χ3v) is 13.3. The number of hydrogen-bond donors (Lipinski definition) is 17. The highest BCUT2D eigenvalue weighted by molar-refractivity contribution is 7.98. The van der Waals surface area contributed by atoms with Crippen molar-refractivity contribution in [1.82, 2.24) is 52.8 Å². The van der Waals surface area contributed by atoms with Crippen molar-refractivity contribution in [3.63, 3.8) is 0 Å². The Morgan fingerprint density at radius 1 is 0.606 bits per heavy atom. The number of primary amides is 1. The van der Waals surface area contributed by atoms with Crippen LogP contribution in [-0.4, -0.2) is 164 Å². The van der Waals surface area contributed by atoms with Crippen molar-refractivity contribution in [3.8, 4) is 0 Å². The lowest BCUT2D eigenvalue weighted by molar-refractivity contribution is -0.657. The SMILES string of the molecule is CC[C@H](C)[C@H](NC(=O)[C@@H](NC(=O)[C@@H]1CCCN1C(=O)[C@H](CCCNC(N)N)NC(=O)[C@H](CCCNC(N)N)NC(=O)[C@@H]1CCC[NH2+]1)C(C)C)C(=O)N[C@@H](CCSC)C(=O)N[C@@H](CCCNC(N)N)C(N)=O. The quantitative estimate of drug-likeness (QED) is 0.0207. The van der Waals surface area contributed by atoms with Gasteiger partial charge in [-0.3, -0.25) is 54.3 Å². The largest absolute Gasteiger partial charge is 0.368 e. The second-order valence-electron chi connectivity index (χ2n) is 18.9. The number of likely N-dealkylation sites (tertiary alicyclic amines) is 1. The second-order valence-corrected chi connectivity index (χ2v) is 19.8. The van der Waals surface area contributed by atoms with E-state index in [0.29, 0.717) is 63.9 Å². The summed E-state index contributed by atoms with van der Waals surface area (Å²) in [6.07, 6.45) is 4.19. The Bertz CT molecular complexity index is 1690. The van der Waals surface area contributed by atoms with Gasteiger partial charge in [-0.05, 0) is 101 Å². The van der Waals surface area contributed by atoms with Crippen LogP contribution >= 0.6 is 11.8 Å². The number of thioether (sulfide) groups is 1. The van der Waals surface area contributed by atoms with E-state index in [1.165, 1.54) is 16.7 Å². The van der Waals surface area contributed by atoms with Crippen LogP contribution in [-0.2, 0) is 38.4 Å². The lowest BCUT2D eigenvalue weighted by Gasteiger charge is -2.32. The Balaban J connectivity index is 2.30. The average Bonchev–Trinajstić information content (AvgIpc) is 4.04. The molecular formula is C44H89N18O8S+. The summed E-state index contributed by atoms with van der Waals surface area (Å²) in [5.74, 6) is -5.07. The number of rotatable bonds is 35. The fourth-order valence-electron chi connectivity index (χ4n) is 8.37. The van der Waals surface area contributed by atoms with Crippen LogP contribution in [0.25, 0.3) is 0 Å². The summed E-state index contributed by atoms with van der Waals surface area (Å²) in [5.41, 5.74) is 39.3. The molecule has 0 aliphatic carbocycles. The summed E-state index contributed by atoms with van der Waals surface area (Å²) >= 11 is 1.45. The van der Waals surface area contributed by atoms with Crippen LogP contribution in [0.5, 0.6) is 0 Å². The first-order chi connectivity index (χ1) is 33.6. The lowest BCUT2D eigenvalue weighted by Crippen LogP contribution is -2.89. The molecule has 2 saturated heterocycles. The lowest BCUT2D eigenvalue weighted by atomic mass is 9.95. The van der Waals surface area contributed by atoms with Crippen molar-refractivity contribution in [3.05, 3.63) is 0 Å². The molecule has 9 atom stereocenters. The molecular weight excluding hydrogens is 941 g/mol. The van der Waals surface area contributed by atoms with Gasteiger partial charge in [0, 0.05) is 19.4 Å². The molecule has 71 heavy (non-hydrogen) atoms. The number of nitrogens with two attached hydrogens (primary N) is 8. The highest BCUT2D eigenvalue weighted by Gasteiger charge is 2.41. The zero-order chi connectivity index (χ0) is 53.2. The van der Waals surface area contributed by atoms with Crippen molar-refractivity contribution >= 4 is 59.0 Å². The maximum absolute atomic E-state index is 14.5. The summed E-state index contributed by atoms with van der Waals surface area (Å²) in [4.78, 5) is 112. The normalized spacial score (nSPS) is 18.9. The van der Waals surface area contributed by atoms with Crippen molar-refractivity contribution in [1.29, 1.82) is 0 Å². The third kappa shape index (κ3) is 23.0. The van der Waals surface area contributed by atoms with Gasteiger partial charge >= 0.3 is 0 Å². The Hall–Kier alpha value is -4.29. The van der Waals surface area contributed by atoms with Crippen LogP contribution in [0.15, 0.2) is 0 Å². The average molecular weight is 1030 g/mol. The molecule has 2 aliphatic rings. The van der Waals surface area contributed by atoms with Gasteiger partial charge in [-0.1, -0.05) is 34.1 Å². The van der Waals surface area contributed by atoms with Crippen LogP contribution in [0, 0.1) is 11.8 Å². The molecule has 0 aromatic rings. The number of hydrogen-bond acceptors (Lipinski definition) is 18. The fraction of sp³-hybridized carbons (Fsp3) is 0.818. The minimum Gasteiger partial charge on any atom is -0.368 e. The van der Waals surface area contributed by atoms with Gasteiger partial charge in [-0.15, -0.1) is 0 Å². The van der Waals surface area contributed by atoms with Gasteiger partial charge < -0.3 is 82.3 Å². The number of amides is 8. The molecule has 0 unspecified atom stereocenters. The minimum atomic E-state index is -1.15. The van der Waals surface area contributed by atoms with Gasteiger partial charge in [-0.25, -0.2) is 0 Å². The van der Waals surface area contributed by atoms with E-state index in [9.17, 15) is 38.4 Å². The zero-order valence-electron chi connectivity index (χ0n) is 42.5. The number of carbonyl (C=O) groups excluding carboxylic acids is 8. The van der Waals surface area contributed by atoms with Crippen LogP contribution < -0.4 is 93.3 Å². The summed E-state index contributed by atoms with van der Waals surface area (Å²) in [6, 6.07) is -7.84. The van der Waals surface area contributed by atoms with E-state index in [0.717, 1.165) is 13.0 Å². The Morgan fingerprint density at radius 3 is 1.61 bits per heavy atom. The van der Waals surface area contributed by atoms with E-state index in [1.807, 2.05) is 18.5 Å². The van der Waals surface area contributed by atoms with Crippen molar-refractivity contribution in [2.24, 2.45) is 52.0 Å². The van der Waals surface area contributed by atoms with Crippen LogP contribution in [0.2, 0.25) is 0 Å². The third-order valence-electron chi connectivity index (χ3n) is 12.7. The van der Waals surface area contributed by atoms with Gasteiger partial charge in [-0.2, -0.15) is 11.8 Å². The smallest absolute Gasteiger partial charge is 0.278 e. The molecule has 2 aliphatic heterocycles. The molecule has 26 nitrogen and oxygen atoms in total. The van der Waals surface area contributed by atoms with Crippen molar-refractivity contribution < 1.29 is 43.7 Å². The topological polar surface area (TPSA) is 447 Å². The van der Waals surface area contributed by atoms with Gasteiger partial charge in [0.25, 0.3) is 5.91 Å². The fourth-order valence-corrected chi connectivity index (χ4v) is 8.84. The van der Waals surface area contributed by atoms with Crippen LogP contribution in [0.1, 0.15) is 105 Å². The van der Waals surface area contributed by atoms with Gasteiger partial charge in [0.15, 0.2) is 6.04 Å². The number of quaternary nitrogens is 1. The van der Waals surface area contributed by atoms with Gasteiger partial charge in [0.1, 0.15) is 61.2 Å². The van der Waals surface area contributed by atoms with E-state index in [1.54, 1.807) is 20.8 Å². The molecule has 27 heteroatoms. The Morgan fingerprint density at radius 2 is 1.11 bits per heavy atom. The van der Waals surface area contributed by atoms with Gasteiger partial charge in [0.2, 0.25) is 41.4 Å². The van der Waals surface area contributed by atoms with E-state index in [2.05, 4.69) is 47.9 Å². The zero-order valence-corrected chi connectivity index (χ0v) is 43.3. The van der Waals surface area contributed by atoms with E-state index >= 15 is 0 Å². The monoisotopic (exact) mass is 1030 g/mol. The predicted molar refractivity (Wildman–Crippen MR) is 271 cm³/mol. The molecule has 2 fully saturated rings. The summed E-state index contributed by atoms with van der Waals surface area (Å²) < 4.78 is 0. The highest BCUT2D eigenvalue weighted by atomic mass is 32.2. The summed E-state index contributed by atoms with van der Waals surface area (Å²) in [7, 11) is 0. The predicted octanol–water partition coefficient (Wildman–Crippen LogP) is -6.74. The highest BCUT2D eigenvalue weighted by Crippen LogP contribution is 2.21. The second kappa shape index (κ2) is 33.4. The van der Waals surface area contributed by atoms with Crippen LogP contribution in [0.3, 0.4) is 0 Å². The van der Waals surface area contributed by atoms with Crippen LogP contribution in [0.4, 0.5) is 0 Å². The van der Waals surface area contributed by atoms with Gasteiger partial charge in [0.05, 0.1) is 6.54 Å². The number of nitrogens with one attached hydrogen (secondary N) is 9. The first-order valence-electron chi connectivity index (χ1n) is 25.1. The van der Waals surface area contributed by atoms with Crippen molar-refractivity contribution in [2.75, 3.05) is 44.7 Å². The summed E-state index contributed by atoms with van der Waals surface area (Å²) in [5, 5.41) is 27.3. The van der Waals surface area contributed by atoms with Crippen molar-refractivity contribution in [2.45, 2.75) is 172 Å². The Kier molecular flexibility index (Phi) is 29.6. The standard InChI is InChI=1S/C44H88N18O8S/c1-6-25(4)33(40(69)58-29(17-23-71-5)37(66)56-26(34(45)63)12-7-19-53-42(46)47)61-39(68)32(24(2)3)60-38(67)31-16-11-22-62(31)41(70)30(15-10-21-55-44(50)51)59-36(65)28(14-9-20-54-43(48)49)57-35(64)27-13-8-18-52-27/h24-33,42-44,52-55H,6-23,46-51H2,1-5H3,(H2,45,63)(H,56,66)(H,57,64)(H,58,69)(H,59,65)(H,60,67)(H,61,68)/p+1/t25-,26-,27-,28-,29-,30-,31-,32-,33-/m0/s1. The minimum absolute atomic E-state index is 0.139. The molecule has 0 radical (unpaired) electrons. The molecule has 0 spiro atoms. The molecule has 25 N–H and O–H groups in total. The molecule has 0 saturated carbocycles. The number of carbonyl (C=O) groups is 8. The molecule has 8 amide bonds. The molecule has 2 rings (SSSR count). The maximum Gasteiger partial charge on any atom is 0.278 e. The number of nitrogens with zero attached hydrogens (tertiary/aromatic N) is 1. The van der Waals surface area contributed by atoms with E-state index in [4.69, 9.17) is 40.1 Å². The molecule has 2 heterocycles. The maximum atomic E-state index is 14.5. The molecule has 408 valence electrons. The van der Waals surface area contributed by atoms with E-state index < -0.39 is 114 Å². The first-order valence-corrected chi connectivity index (χ1v) is 26.5.